The van der Waals surface area contributed by atoms with Gasteiger partial charge >= 0.3 is 5.97 Å². The molecule has 5 heteroatoms. The Morgan fingerprint density at radius 2 is 2.14 bits per heavy atom. The third-order valence-electron chi connectivity index (χ3n) is 2.77. The van der Waals surface area contributed by atoms with Gasteiger partial charge in [-0.15, -0.1) is 11.3 Å². The highest BCUT2D eigenvalue weighted by molar-refractivity contribution is 7.09. The van der Waals surface area contributed by atoms with Crippen LogP contribution in [0.4, 0.5) is 0 Å². The maximum Gasteiger partial charge on any atom is 0.330 e. The molecular weight excluding hydrogens is 286 g/mol. The molecule has 2 rings (SSSR count). The van der Waals surface area contributed by atoms with E-state index in [0.29, 0.717) is 12.1 Å². The number of ether oxygens (including phenoxy) is 1. The Hall–Kier alpha value is -2.40. The summed E-state index contributed by atoms with van der Waals surface area (Å²) in [4.78, 5) is 24.2. The number of carbonyl (C=O) groups excluding carboxylic acids is 2. The highest BCUT2D eigenvalue weighted by atomic mass is 32.1. The summed E-state index contributed by atoms with van der Waals surface area (Å²) >= 11 is 1.60. The molecule has 1 amide bonds. The van der Waals surface area contributed by atoms with E-state index in [9.17, 15) is 9.59 Å². The Kier molecular flexibility index (Phi) is 5.29. The van der Waals surface area contributed by atoms with E-state index in [1.165, 1.54) is 13.2 Å². The molecular formula is C16H15NO3S. The highest BCUT2D eigenvalue weighted by Gasteiger charge is 2.05. The molecule has 0 atom stereocenters. The van der Waals surface area contributed by atoms with Crippen LogP contribution in [0.2, 0.25) is 0 Å². The molecule has 0 aliphatic rings. The predicted molar refractivity (Wildman–Crippen MR) is 83.0 cm³/mol. The highest BCUT2D eigenvalue weighted by Crippen LogP contribution is 2.10. The normalized spacial score (nSPS) is 10.5. The van der Waals surface area contributed by atoms with Crippen LogP contribution < -0.4 is 5.32 Å². The molecule has 0 radical (unpaired) electrons. The van der Waals surface area contributed by atoms with Gasteiger partial charge in [0.1, 0.15) is 0 Å². The maximum atomic E-state index is 12.1. The minimum absolute atomic E-state index is 0.142. The van der Waals surface area contributed by atoms with Gasteiger partial charge in [-0.25, -0.2) is 4.79 Å². The lowest BCUT2D eigenvalue weighted by Crippen LogP contribution is -2.22. The van der Waals surface area contributed by atoms with Crippen molar-refractivity contribution in [2.45, 2.75) is 6.54 Å². The van der Waals surface area contributed by atoms with E-state index in [0.717, 1.165) is 10.4 Å². The first-order chi connectivity index (χ1) is 10.2. The van der Waals surface area contributed by atoms with Crippen LogP contribution in [-0.4, -0.2) is 19.0 Å². The molecule has 1 aromatic heterocycles. The molecule has 0 bridgehead atoms. The van der Waals surface area contributed by atoms with Gasteiger partial charge in [-0.05, 0) is 35.2 Å². The van der Waals surface area contributed by atoms with Crippen LogP contribution in [0.5, 0.6) is 0 Å². The molecule has 1 N–H and O–H groups in total. The summed E-state index contributed by atoms with van der Waals surface area (Å²) in [6.07, 6.45) is 2.94. The van der Waals surface area contributed by atoms with Crippen LogP contribution in [0.3, 0.4) is 0 Å². The van der Waals surface area contributed by atoms with E-state index in [1.54, 1.807) is 35.6 Å². The van der Waals surface area contributed by atoms with E-state index in [2.05, 4.69) is 10.1 Å². The van der Waals surface area contributed by atoms with Crippen molar-refractivity contribution >= 4 is 29.3 Å². The smallest absolute Gasteiger partial charge is 0.330 e. The van der Waals surface area contributed by atoms with Crippen molar-refractivity contribution in [3.05, 3.63) is 63.9 Å². The first kappa shape index (κ1) is 15.0. The fourth-order valence-corrected chi connectivity index (χ4v) is 2.34. The van der Waals surface area contributed by atoms with Gasteiger partial charge in [0.15, 0.2) is 0 Å². The van der Waals surface area contributed by atoms with Crippen molar-refractivity contribution in [1.29, 1.82) is 0 Å². The van der Waals surface area contributed by atoms with Gasteiger partial charge in [-0.2, -0.15) is 0 Å². The molecule has 1 heterocycles. The Morgan fingerprint density at radius 1 is 1.29 bits per heavy atom. The summed E-state index contributed by atoms with van der Waals surface area (Å²) in [7, 11) is 1.32. The first-order valence-electron chi connectivity index (χ1n) is 6.35. The number of amides is 1. The third kappa shape index (κ3) is 4.57. The lowest BCUT2D eigenvalue weighted by atomic mass is 10.1. The van der Waals surface area contributed by atoms with Crippen molar-refractivity contribution in [3.63, 3.8) is 0 Å². The summed E-state index contributed by atoms with van der Waals surface area (Å²) in [6, 6.07) is 11.0. The van der Waals surface area contributed by atoms with Crippen molar-refractivity contribution in [2.75, 3.05) is 7.11 Å². The lowest BCUT2D eigenvalue weighted by Gasteiger charge is -2.04. The monoisotopic (exact) mass is 301 g/mol. The predicted octanol–water partition coefficient (Wildman–Crippen LogP) is 2.86. The van der Waals surface area contributed by atoms with E-state index in [1.807, 2.05) is 23.6 Å². The number of carbonyl (C=O) groups is 2. The second-order valence-electron chi connectivity index (χ2n) is 4.24. The van der Waals surface area contributed by atoms with E-state index >= 15 is 0 Å². The number of benzene rings is 1. The van der Waals surface area contributed by atoms with Crippen molar-refractivity contribution in [3.8, 4) is 0 Å². The minimum atomic E-state index is -0.428. The largest absolute Gasteiger partial charge is 0.466 e. The number of methoxy groups -OCH3 is 1. The van der Waals surface area contributed by atoms with Gasteiger partial charge in [0.25, 0.3) is 5.91 Å². The van der Waals surface area contributed by atoms with Gasteiger partial charge in [0.2, 0.25) is 0 Å². The number of thiophene rings is 1. The number of nitrogens with one attached hydrogen (secondary N) is 1. The summed E-state index contributed by atoms with van der Waals surface area (Å²) in [6.45, 7) is 0.513. The zero-order chi connectivity index (χ0) is 15.1. The SMILES string of the molecule is COC(=O)/C=C/c1cccc(C(=O)NCc2cccs2)c1. The second-order valence-corrected chi connectivity index (χ2v) is 5.28. The molecule has 0 fully saturated rings. The third-order valence-corrected chi connectivity index (χ3v) is 3.64. The standard InChI is InChI=1S/C16H15NO3S/c1-20-15(18)8-7-12-4-2-5-13(10-12)16(19)17-11-14-6-3-9-21-14/h2-10H,11H2,1H3,(H,17,19)/b8-7+. The quantitative estimate of drug-likeness (QED) is 0.682. The summed E-state index contributed by atoms with van der Waals surface area (Å²) in [5.41, 5.74) is 1.32. The van der Waals surface area contributed by atoms with Gasteiger partial charge in [-0.3, -0.25) is 4.79 Å². The van der Waals surface area contributed by atoms with Crippen LogP contribution in [0.1, 0.15) is 20.8 Å². The van der Waals surface area contributed by atoms with Crippen LogP contribution in [0.25, 0.3) is 6.08 Å². The molecule has 0 unspecified atom stereocenters. The molecule has 2 aromatic rings. The average molecular weight is 301 g/mol. The van der Waals surface area contributed by atoms with Crippen LogP contribution in [0.15, 0.2) is 47.9 Å². The topological polar surface area (TPSA) is 55.4 Å². The Labute approximate surface area is 127 Å². The maximum absolute atomic E-state index is 12.1. The van der Waals surface area contributed by atoms with Gasteiger partial charge in [-0.1, -0.05) is 18.2 Å². The lowest BCUT2D eigenvalue weighted by molar-refractivity contribution is -0.134. The molecule has 21 heavy (non-hydrogen) atoms. The van der Waals surface area contributed by atoms with E-state index in [4.69, 9.17) is 0 Å². The molecule has 1 aromatic carbocycles. The fourth-order valence-electron chi connectivity index (χ4n) is 1.70. The molecule has 0 aliphatic carbocycles. The number of esters is 1. The molecule has 0 saturated heterocycles. The Balaban J connectivity index is 2.01. The second kappa shape index (κ2) is 7.40. The average Bonchev–Trinajstić information content (AvgIpc) is 3.04. The molecule has 0 aliphatic heterocycles. The number of hydrogen-bond acceptors (Lipinski definition) is 4. The van der Waals surface area contributed by atoms with E-state index in [-0.39, 0.29) is 5.91 Å². The summed E-state index contributed by atoms with van der Waals surface area (Å²) in [5, 5.41) is 4.83. The van der Waals surface area contributed by atoms with Gasteiger partial charge in [0, 0.05) is 16.5 Å². The summed E-state index contributed by atoms with van der Waals surface area (Å²) < 4.78 is 4.53. The first-order valence-corrected chi connectivity index (χ1v) is 7.23. The summed E-state index contributed by atoms with van der Waals surface area (Å²) in [5.74, 6) is -0.570. The van der Waals surface area contributed by atoms with Crippen LogP contribution in [-0.2, 0) is 16.1 Å². The van der Waals surface area contributed by atoms with Crippen LogP contribution >= 0.6 is 11.3 Å². The van der Waals surface area contributed by atoms with Gasteiger partial charge in [0.05, 0.1) is 13.7 Å². The van der Waals surface area contributed by atoms with Crippen molar-refractivity contribution in [2.24, 2.45) is 0 Å². The number of rotatable bonds is 5. The van der Waals surface area contributed by atoms with Crippen molar-refractivity contribution < 1.29 is 14.3 Å². The van der Waals surface area contributed by atoms with Gasteiger partial charge < -0.3 is 10.1 Å². The zero-order valence-electron chi connectivity index (χ0n) is 11.5. The van der Waals surface area contributed by atoms with E-state index < -0.39 is 5.97 Å². The molecule has 108 valence electrons. The molecule has 0 spiro atoms. The zero-order valence-corrected chi connectivity index (χ0v) is 12.4. The van der Waals surface area contributed by atoms with Crippen LogP contribution in [0, 0.1) is 0 Å². The minimum Gasteiger partial charge on any atom is -0.466 e. The Bertz CT molecular complexity index is 647. The Morgan fingerprint density at radius 3 is 2.86 bits per heavy atom. The fraction of sp³-hybridized carbons (Fsp3) is 0.125. The molecule has 0 saturated carbocycles. The molecule has 4 nitrogen and oxygen atoms in total. The number of hydrogen-bond donors (Lipinski definition) is 1. The van der Waals surface area contributed by atoms with Crippen molar-refractivity contribution in [1.82, 2.24) is 5.32 Å².